The number of hydrogen-bond donors (Lipinski definition) is 1. The van der Waals surface area contributed by atoms with E-state index in [2.05, 4.69) is 9.97 Å². The van der Waals surface area contributed by atoms with Gasteiger partial charge in [-0.2, -0.15) is 4.98 Å². The minimum absolute atomic E-state index is 0.0862. The Kier molecular flexibility index (Phi) is 3.79. The molecule has 0 aromatic carbocycles. The van der Waals surface area contributed by atoms with Crippen molar-refractivity contribution in [3.05, 3.63) is 12.0 Å². The number of nitrogens with two attached hydrogens (primary N) is 1. The van der Waals surface area contributed by atoms with Crippen LogP contribution in [-0.4, -0.2) is 49.1 Å². The van der Waals surface area contributed by atoms with Crippen LogP contribution in [0.2, 0.25) is 0 Å². The Labute approximate surface area is 88.7 Å². The van der Waals surface area contributed by atoms with Crippen LogP contribution < -0.4 is 10.6 Å². The smallest absolute Gasteiger partial charge is 0.222 e. The van der Waals surface area contributed by atoms with Crippen LogP contribution in [-0.2, 0) is 0 Å². The summed E-state index contributed by atoms with van der Waals surface area (Å²) in [6.45, 7) is 1.50. The van der Waals surface area contributed by atoms with E-state index in [1.54, 1.807) is 11.9 Å². The Morgan fingerprint density at radius 3 is 2.60 bits per heavy atom. The molecule has 15 heavy (non-hydrogen) atoms. The van der Waals surface area contributed by atoms with E-state index in [1.165, 1.54) is 0 Å². The molecule has 0 amide bonds. The van der Waals surface area contributed by atoms with Crippen molar-refractivity contribution in [3.63, 3.8) is 0 Å². The second-order valence-electron chi connectivity index (χ2n) is 3.62. The Bertz CT molecular complexity index is 328. The standard InChI is InChI=1S/C9H16FN5/c1-14(2)4-5-15(3)8-7(10)6-12-9(11)13-8/h6H,4-5H2,1-3H3,(H2,11,12,13). The summed E-state index contributed by atoms with van der Waals surface area (Å²) < 4.78 is 13.3. The zero-order chi connectivity index (χ0) is 11.4. The van der Waals surface area contributed by atoms with E-state index >= 15 is 0 Å². The summed E-state index contributed by atoms with van der Waals surface area (Å²) in [5.41, 5.74) is 5.40. The molecule has 0 unspecified atom stereocenters. The van der Waals surface area contributed by atoms with E-state index in [0.29, 0.717) is 6.54 Å². The zero-order valence-electron chi connectivity index (χ0n) is 9.24. The summed E-state index contributed by atoms with van der Waals surface area (Å²) in [6, 6.07) is 0. The second-order valence-corrected chi connectivity index (χ2v) is 3.62. The third-order valence-corrected chi connectivity index (χ3v) is 1.99. The molecule has 0 aliphatic heterocycles. The lowest BCUT2D eigenvalue weighted by atomic mass is 10.4. The molecule has 6 heteroatoms. The lowest BCUT2D eigenvalue weighted by Crippen LogP contribution is -2.29. The zero-order valence-corrected chi connectivity index (χ0v) is 9.24. The molecule has 1 heterocycles. The highest BCUT2D eigenvalue weighted by Crippen LogP contribution is 2.14. The fourth-order valence-electron chi connectivity index (χ4n) is 1.09. The molecular weight excluding hydrogens is 197 g/mol. The van der Waals surface area contributed by atoms with E-state index < -0.39 is 5.82 Å². The van der Waals surface area contributed by atoms with Crippen LogP contribution in [0.15, 0.2) is 6.20 Å². The maximum absolute atomic E-state index is 13.3. The molecule has 1 aromatic rings. The number of nitrogen functional groups attached to an aromatic ring is 1. The van der Waals surface area contributed by atoms with Gasteiger partial charge < -0.3 is 15.5 Å². The van der Waals surface area contributed by atoms with E-state index in [1.807, 2.05) is 19.0 Å². The maximum Gasteiger partial charge on any atom is 0.222 e. The predicted octanol–water partition coefficient (Wildman–Crippen LogP) is 0.196. The van der Waals surface area contributed by atoms with Gasteiger partial charge in [0.05, 0.1) is 6.20 Å². The SMILES string of the molecule is CN(C)CCN(C)c1nc(N)ncc1F. The molecule has 5 nitrogen and oxygen atoms in total. The monoisotopic (exact) mass is 213 g/mol. The van der Waals surface area contributed by atoms with Crippen LogP contribution in [0.25, 0.3) is 0 Å². The molecule has 1 aromatic heterocycles. The normalized spacial score (nSPS) is 10.7. The van der Waals surface area contributed by atoms with Crippen LogP contribution in [0, 0.1) is 5.82 Å². The number of nitrogens with zero attached hydrogens (tertiary/aromatic N) is 4. The first kappa shape index (κ1) is 11.6. The van der Waals surface area contributed by atoms with Crippen LogP contribution in [0.4, 0.5) is 16.2 Å². The van der Waals surface area contributed by atoms with Gasteiger partial charge in [-0.25, -0.2) is 9.37 Å². The highest BCUT2D eigenvalue weighted by Gasteiger charge is 2.10. The molecule has 0 aliphatic rings. The third-order valence-electron chi connectivity index (χ3n) is 1.99. The van der Waals surface area contributed by atoms with Crippen LogP contribution in [0.3, 0.4) is 0 Å². The van der Waals surface area contributed by atoms with Gasteiger partial charge in [-0.3, -0.25) is 0 Å². The van der Waals surface area contributed by atoms with Crippen LogP contribution >= 0.6 is 0 Å². The van der Waals surface area contributed by atoms with Gasteiger partial charge in [-0.15, -0.1) is 0 Å². The lowest BCUT2D eigenvalue weighted by Gasteiger charge is -2.20. The van der Waals surface area contributed by atoms with Crippen molar-refractivity contribution in [2.75, 3.05) is 44.9 Å². The van der Waals surface area contributed by atoms with E-state index in [0.717, 1.165) is 12.7 Å². The van der Waals surface area contributed by atoms with Gasteiger partial charge in [0, 0.05) is 20.1 Å². The number of halogens is 1. The van der Waals surface area contributed by atoms with E-state index in [-0.39, 0.29) is 11.8 Å². The molecule has 0 radical (unpaired) electrons. The van der Waals surface area contributed by atoms with Crippen molar-refractivity contribution < 1.29 is 4.39 Å². The van der Waals surface area contributed by atoms with E-state index in [4.69, 9.17) is 5.73 Å². The molecule has 0 saturated heterocycles. The van der Waals surface area contributed by atoms with Crippen molar-refractivity contribution in [2.45, 2.75) is 0 Å². The first-order valence-corrected chi connectivity index (χ1v) is 4.64. The van der Waals surface area contributed by atoms with Crippen molar-refractivity contribution in [1.82, 2.24) is 14.9 Å². The first-order valence-electron chi connectivity index (χ1n) is 4.64. The molecule has 0 spiro atoms. The summed E-state index contributed by atoms with van der Waals surface area (Å²) in [5, 5.41) is 0. The average molecular weight is 213 g/mol. The van der Waals surface area contributed by atoms with Gasteiger partial charge >= 0.3 is 0 Å². The van der Waals surface area contributed by atoms with Crippen molar-refractivity contribution in [1.29, 1.82) is 0 Å². The summed E-state index contributed by atoms with van der Waals surface area (Å²) in [5.74, 6) is -0.127. The Balaban J connectivity index is 2.72. The number of aromatic nitrogens is 2. The predicted molar refractivity (Wildman–Crippen MR) is 58.2 cm³/mol. The molecular formula is C9H16FN5. The Morgan fingerprint density at radius 2 is 2.00 bits per heavy atom. The second kappa shape index (κ2) is 4.88. The number of rotatable bonds is 4. The van der Waals surface area contributed by atoms with Crippen molar-refractivity contribution in [3.8, 4) is 0 Å². The summed E-state index contributed by atoms with van der Waals surface area (Å²) in [6.07, 6.45) is 1.09. The quantitative estimate of drug-likeness (QED) is 0.774. The molecule has 0 fully saturated rings. The molecule has 2 N–H and O–H groups in total. The van der Waals surface area contributed by atoms with Crippen molar-refractivity contribution >= 4 is 11.8 Å². The largest absolute Gasteiger partial charge is 0.368 e. The van der Waals surface area contributed by atoms with Gasteiger partial charge in [0.25, 0.3) is 0 Å². The fourth-order valence-corrected chi connectivity index (χ4v) is 1.09. The molecule has 1 rings (SSSR count). The van der Waals surface area contributed by atoms with Crippen LogP contribution in [0.1, 0.15) is 0 Å². The van der Waals surface area contributed by atoms with Gasteiger partial charge in [0.2, 0.25) is 5.95 Å². The molecule has 0 aliphatic carbocycles. The molecule has 0 saturated carbocycles. The number of anilines is 2. The lowest BCUT2D eigenvalue weighted by molar-refractivity contribution is 0.415. The van der Waals surface area contributed by atoms with Gasteiger partial charge in [0.1, 0.15) is 0 Å². The Morgan fingerprint density at radius 1 is 1.33 bits per heavy atom. The molecule has 0 bridgehead atoms. The average Bonchev–Trinajstić information content (AvgIpc) is 2.18. The fraction of sp³-hybridized carbons (Fsp3) is 0.556. The summed E-state index contributed by atoms with van der Waals surface area (Å²) in [4.78, 5) is 11.1. The van der Waals surface area contributed by atoms with Gasteiger partial charge in [-0.05, 0) is 14.1 Å². The molecule has 0 atom stereocenters. The first-order chi connectivity index (χ1) is 7.00. The van der Waals surface area contributed by atoms with E-state index in [9.17, 15) is 4.39 Å². The highest BCUT2D eigenvalue weighted by molar-refractivity contribution is 5.41. The summed E-state index contributed by atoms with van der Waals surface area (Å²) in [7, 11) is 5.69. The minimum atomic E-state index is -0.453. The van der Waals surface area contributed by atoms with Gasteiger partial charge in [0.15, 0.2) is 11.6 Å². The molecule has 84 valence electrons. The number of hydrogen-bond acceptors (Lipinski definition) is 5. The Hall–Kier alpha value is -1.43. The van der Waals surface area contributed by atoms with Crippen LogP contribution in [0.5, 0.6) is 0 Å². The third kappa shape index (κ3) is 3.32. The maximum atomic E-state index is 13.3. The van der Waals surface area contributed by atoms with Crippen molar-refractivity contribution in [2.24, 2.45) is 0 Å². The van der Waals surface area contributed by atoms with Gasteiger partial charge in [-0.1, -0.05) is 0 Å². The summed E-state index contributed by atoms with van der Waals surface area (Å²) >= 11 is 0. The highest BCUT2D eigenvalue weighted by atomic mass is 19.1. The minimum Gasteiger partial charge on any atom is -0.368 e. The number of likely N-dealkylation sites (N-methyl/N-ethyl adjacent to an activating group) is 2. The topological polar surface area (TPSA) is 58.3 Å².